The monoisotopic (exact) mass is 436 g/mol. The van der Waals surface area contributed by atoms with Crippen molar-refractivity contribution < 1.29 is 14.4 Å². The average molecular weight is 437 g/mol. The van der Waals surface area contributed by atoms with Crippen LogP contribution in [0.4, 0.5) is 5.69 Å². The average Bonchev–Trinajstić information content (AvgIpc) is 2.67. The number of nitrogens with one attached hydrogen (secondary N) is 1. The molecule has 1 N–H and O–H groups in total. The van der Waals surface area contributed by atoms with E-state index in [-0.39, 0.29) is 5.69 Å². The van der Waals surface area contributed by atoms with Gasteiger partial charge in [-0.3, -0.25) is 10.1 Å². The Morgan fingerprint density at radius 2 is 1.89 bits per heavy atom. The van der Waals surface area contributed by atoms with Crippen LogP contribution in [0, 0.1) is 10.1 Å². The lowest BCUT2D eigenvalue weighted by Crippen LogP contribution is -2.15. The minimum Gasteiger partial charge on any atom is -0.493 e. The smallest absolute Gasteiger partial charge is 0.269 e. The van der Waals surface area contributed by atoms with Gasteiger partial charge >= 0.3 is 0 Å². The third kappa shape index (κ3) is 6.52. The van der Waals surface area contributed by atoms with Crippen LogP contribution < -0.4 is 14.8 Å². The molecule has 0 unspecified atom stereocenters. The lowest BCUT2D eigenvalue weighted by Gasteiger charge is -2.14. The van der Waals surface area contributed by atoms with Crippen LogP contribution in [-0.2, 0) is 13.2 Å². The number of hydrogen-bond donors (Lipinski definition) is 1. The maximum atomic E-state index is 10.7. The van der Waals surface area contributed by atoms with Crippen LogP contribution in [0.15, 0.2) is 40.9 Å². The zero-order chi connectivity index (χ0) is 19.6. The maximum absolute atomic E-state index is 10.7. The first-order valence-corrected chi connectivity index (χ1v) is 9.77. The predicted octanol–water partition coefficient (Wildman–Crippen LogP) is 5.22. The number of unbranched alkanes of at least 4 members (excludes halogenated alkanes) is 2. The largest absolute Gasteiger partial charge is 0.493 e. The Morgan fingerprint density at radius 3 is 2.52 bits per heavy atom. The van der Waals surface area contributed by atoms with Gasteiger partial charge in [-0.25, -0.2) is 0 Å². The molecule has 0 aliphatic rings. The number of methoxy groups -OCH3 is 1. The fraction of sp³-hybridized carbons (Fsp3) is 0.400. The highest BCUT2D eigenvalue weighted by Gasteiger charge is 2.11. The minimum atomic E-state index is -0.417. The molecule has 27 heavy (non-hydrogen) atoms. The molecule has 2 aromatic rings. The van der Waals surface area contributed by atoms with E-state index in [4.69, 9.17) is 9.47 Å². The van der Waals surface area contributed by atoms with E-state index >= 15 is 0 Å². The number of ether oxygens (including phenoxy) is 2. The second-order valence-corrected chi connectivity index (χ2v) is 7.04. The number of hydrogen-bond acceptors (Lipinski definition) is 5. The molecule has 0 atom stereocenters. The van der Waals surface area contributed by atoms with E-state index in [2.05, 4.69) is 28.2 Å². The van der Waals surface area contributed by atoms with Gasteiger partial charge in [0, 0.05) is 23.2 Å². The van der Waals surface area contributed by atoms with Crippen LogP contribution in [-0.4, -0.2) is 18.6 Å². The summed E-state index contributed by atoms with van der Waals surface area (Å²) >= 11 is 3.59. The Labute approximate surface area is 168 Å². The highest BCUT2D eigenvalue weighted by atomic mass is 79.9. The van der Waals surface area contributed by atoms with Crippen molar-refractivity contribution in [1.82, 2.24) is 5.32 Å². The molecule has 0 aliphatic heterocycles. The molecule has 6 nitrogen and oxygen atoms in total. The number of benzene rings is 2. The van der Waals surface area contributed by atoms with Crippen molar-refractivity contribution in [3.63, 3.8) is 0 Å². The molecule has 2 aromatic carbocycles. The second kappa shape index (κ2) is 10.9. The normalized spacial score (nSPS) is 10.6. The molecule has 2 rings (SSSR count). The summed E-state index contributed by atoms with van der Waals surface area (Å²) in [5, 5.41) is 14.2. The highest BCUT2D eigenvalue weighted by molar-refractivity contribution is 9.10. The van der Waals surface area contributed by atoms with Gasteiger partial charge in [0.15, 0.2) is 11.5 Å². The molecule has 0 heterocycles. The summed E-state index contributed by atoms with van der Waals surface area (Å²) in [5.74, 6) is 1.28. The van der Waals surface area contributed by atoms with Crippen LogP contribution in [0.5, 0.6) is 11.5 Å². The van der Waals surface area contributed by atoms with Gasteiger partial charge in [0.2, 0.25) is 0 Å². The van der Waals surface area contributed by atoms with Crippen molar-refractivity contribution in [1.29, 1.82) is 0 Å². The van der Waals surface area contributed by atoms with Gasteiger partial charge < -0.3 is 14.8 Å². The van der Waals surface area contributed by atoms with Gasteiger partial charge in [-0.1, -0.05) is 35.7 Å². The van der Waals surface area contributed by atoms with Crippen molar-refractivity contribution in [2.24, 2.45) is 0 Å². The van der Waals surface area contributed by atoms with Crippen molar-refractivity contribution >= 4 is 21.6 Å². The fourth-order valence-electron chi connectivity index (χ4n) is 2.58. The molecule has 0 saturated heterocycles. The fourth-order valence-corrected chi connectivity index (χ4v) is 3.05. The van der Waals surface area contributed by atoms with E-state index in [1.54, 1.807) is 19.2 Å². The van der Waals surface area contributed by atoms with Gasteiger partial charge in [0.05, 0.1) is 12.0 Å². The zero-order valence-corrected chi connectivity index (χ0v) is 17.3. The lowest BCUT2D eigenvalue weighted by atomic mass is 10.2. The standard InChI is InChI=1S/C20H25BrN2O4/c1-3-4-5-10-22-13-16-11-19(26-2)20(12-18(16)21)27-14-15-6-8-17(9-7-15)23(24)25/h6-9,11-12,22H,3-5,10,13-14H2,1-2H3. The third-order valence-electron chi connectivity index (χ3n) is 4.15. The Hall–Kier alpha value is -2.12. The van der Waals surface area contributed by atoms with Crippen LogP contribution in [0.3, 0.4) is 0 Å². The van der Waals surface area contributed by atoms with E-state index < -0.39 is 4.92 Å². The van der Waals surface area contributed by atoms with Gasteiger partial charge in [0.1, 0.15) is 6.61 Å². The van der Waals surface area contributed by atoms with Gasteiger partial charge in [-0.05, 0) is 48.4 Å². The Morgan fingerprint density at radius 1 is 1.15 bits per heavy atom. The first kappa shape index (κ1) is 21.2. The zero-order valence-electron chi connectivity index (χ0n) is 15.7. The molecule has 0 aromatic heterocycles. The molecular formula is C20H25BrN2O4. The lowest BCUT2D eigenvalue weighted by molar-refractivity contribution is -0.384. The van der Waals surface area contributed by atoms with Crippen LogP contribution in [0.1, 0.15) is 37.3 Å². The summed E-state index contributed by atoms with van der Waals surface area (Å²) in [6, 6.07) is 10.2. The highest BCUT2D eigenvalue weighted by Crippen LogP contribution is 2.34. The quantitative estimate of drug-likeness (QED) is 0.296. The number of halogens is 1. The van der Waals surface area contributed by atoms with E-state index in [1.165, 1.54) is 31.4 Å². The van der Waals surface area contributed by atoms with Gasteiger partial charge in [-0.15, -0.1) is 0 Å². The van der Waals surface area contributed by atoms with Crippen LogP contribution >= 0.6 is 15.9 Å². The summed E-state index contributed by atoms with van der Waals surface area (Å²) < 4.78 is 12.3. The topological polar surface area (TPSA) is 73.6 Å². The number of rotatable bonds is 11. The molecule has 0 radical (unpaired) electrons. The molecule has 0 saturated carbocycles. The first-order chi connectivity index (χ1) is 13.0. The second-order valence-electron chi connectivity index (χ2n) is 6.19. The molecule has 0 fully saturated rings. The molecule has 146 valence electrons. The Kier molecular flexibility index (Phi) is 8.54. The molecule has 0 aliphatic carbocycles. The summed E-state index contributed by atoms with van der Waals surface area (Å²) in [5.41, 5.74) is 2.02. The number of non-ortho nitro benzene ring substituents is 1. The van der Waals surface area contributed by atoms with Crippen molar-refractivity contribution in [2.45, 2.75) is 39.3 Å². The van der Waals surface area contributed by atoms with Gasteiger partial charge in [-0.2, -0.15) is 0 Å². The Bertz CT molecular complexity index is 750. The number of nitrogens with zero attached hydrogens (tertiary/aromatic N) is 1. The molecular weight excluding hydrogens is 412 g/mol. The number of nitro groups is 1. The van der Waals surface area contributed by atoms with Crippen molar-refractivity contribution in [3.05, 3.63) is 62.1 Å². The van der Waals surface area contributed by atoms with E-state index in [9.17, 15) is 10.1 Å². The first-order valence-electron chi connectivity index (χ1n) is 8.98. The van der Waals surface area contributed by atoms with Crippen LogP contribution in [0.2, 0.25) is 0 Å². The van der Waals surface area contributed by atoms with Crippen LogP contribution in [0.25, 0.3) is 0 Å². The summed E-state index contributed by atoms with van der Waals surface area (Å²) in [4.78, 5) is 10.3. The molecule has 7 heteroatoms. The SMILES string of the molecule is CCCCCNCc1cc(OC)c(OCc2ccc([N+](=O)[O-])cc2)cc1Br. The van der Waals surface area contributed by atoms with E-state index in [0.29, 0.717) is 18.1 Å². The molecule has 0 bridgehead atoms. The Balaban J connectivity index is 1.99. The van der Waals surface area contributed by atoms with Gasteiger partial charge in [0.25, 0.3) is 5.69 Å². The summed E-state index contributed by atoms with van der Waals surface area (Å²) in [6.45, 7) is 4.23. The van der Waals surface area contributed by atoms with E-state index in [0.717, 1.165) is 28.7 Å². The van der Waals surface area contributed by atoms with Crippen molar-refractivity contribution in [3.8, 4) is 11.5 Å². The van der Waals surface area contributed by atoms with E-state index in [1.807, 2.05) is 12.1 Å². The molecule has 0 amide bonds. The maximum Gasteiger partial charge on any atom is 0.269 e. The minimum absolute atomic E-state index is 0.0647. The summed E-state index contributed by atoms with van der Waals surface area (Å²) in [6.07, 6.45) is 3.61. The number of nitro benzene ring substituents is 1. The summed E-state index contributed by atoms with van der Waals surface area (Å²) in [7, 11) is 1.61. The third-order valence-corrected chi connectivity index (χ3v) is 4.88. The predicted molar refractivity (Wildman–Crippen MR) is 109 cm³/mol. The molecule has 0 spiro atoms. The van der Waals surface area contributed by atoms with Crippen molar-refractivity contribution in [2.75, 3.05) is 13.7 Å².